The zero-order valence-electron chi connectivity index (χ0n) is 17.3. The molecule has 7 heteroatoms. The van der Waals surface area contributed by atoms with E-state index in [9.17, 15) is 18.0 Å². The van der Waals surface area contributed by atoms with Gasteiger partial charge >= 0.3 is 12.1 Å². The Morgan fingerprint density at radius 2 is 1.83 bits per heavy atom. The van der Waals surface area contributed by atoms with E-state index in [0.29, 0.717) is 16.9 Å². The van der Waals surface area contributed by atoms with Gasteiger partial charge in [0.2, 0.25) is 0 Å². The highest BCUT2D eigenvalue weighted by Crippen LogP contribution is 2.43. The van der Waals surface area contributed by atoms with Crippen molar-refractivity contribution in [3.8, 4) is 5.75 Å². The third-order valence-corrected chi connectivity index (χ3v) is 5.54. The molecule has 2 aromatic carbocycles. The molecular weight excluding hydrogens is 395 g/mol. The van der Waals surface area contributed by atoms with Crippen molar-refractivity contribution < 1.29 is 27.4 Å². The number of ether oxygens (including phenoxy) is 2. The lowest BCUT2D eigenvalue weighted by Crippen LogP contribution is -2.25. The molecule has 0 bridgehead atoms. The molecule has 1 saturated carbocycles. The van der Waals surface area contributed by atoms with Crippen LogP contribution < -0.4 is 10.1 Å². The Labute approximate surface area is 174 Å². The molecule has 30 heavy (non-hydrogen) atoms. The Kier molecular flexibility index (Phi) is 7.23. The molecule has 0 atom stereocenters. The fourth-order valence-corrected chi connectivity index (χ4v) is 3.99. The highest BCUT2D eigenvalue weighted by atomic mass is 19.4. The van der Waals surface area contributed by atoms with E-state index in [0.717, 1.165) is 25.7 Å². The fraction of sp³-hybridized carbons (Fsp3) is 0.522. The van der Waals surface area contributed by atoms with Crippen LogP contribution in [0.5, 0.6) is 5.75 Å². The van der Waals surface area contributed by atoms with Gasteiger partial charge in [-0.05, 0) is 60.9 Å². The SMILES string of the molecule is CCOC(=O)CNCc1cccc2c(C(F)(F)F)c(O[C@H]3CC[C@@H](C)CC3)ccc12. The number of fused-ring (bicyclic) bond motifs is 1. The number of nitrogens with one attached hydrogen (secondary N) is 1. The normalized spacial score (nSPS) is 19.6. The molecule has 0 unspecified atom stereocenters. The molecule has 0 heterocycles. The average molecular weight is 423 g/mol. The van der Waals surface area contributed by atoms with E-state index in [-0.39, 0.29) is 36.9 Å². The summed E-state index contributed by atoms with van der Waals surface area (Å²) in [7, 11) is 0. The standard InChI is InChI=1S/C23H28F3NO3/c1-3-29-21(28)14-27-13-16-5-4-6-19-18(16)11-12-20(22(19)23(24,25)26)30-17-9-7-15(2)8-10-17/h4-6,11-12,15,17,27H,3,7-10,13-14H2,1-2H3/t15-,17+. The maximum absolute atomic E-state index is 14.0. The number of benzene rings is 2. The number of hydrogen-bond donors (Lipinski definition) is 1. The van der Waals surface area contributed by atoms with Crippen molar-refractivity contribution in [3.63, 3.8) is 0 Å². The number of rotatable bonds is 7. The molecule has 164 valence electrons. The smallest absolute Gasteiger partial charge is 0.420 e. The molecule has 1 N–H and O–H groups in total. The predicted molar refractivity (Wildman–Crippen MR) is 109 cm³/mol. The molecule has 4 nitrogen and oxygen atoms in total. The van der Waals surface area contributed by atoms with Crippen LogP contribution in [0.15, 0.2) is 30.3 Å². The van der Waals surface area contributed by atoms with Gasteiger partial charge in [0.05, 0.1) is 19.3 Å². The van der Waals surface area contributed by atoms with Gasteiger partial charge in [0.1, 0.15) is 11.3 Å². The minimum atomic E-state index is -4.53. The van der Waals surface area contributed by atoms with E-state index in [4.69, 9.17) is 9.47 Å². The average Bonchev–Trinajstić information content (AvgIpc) is 2.69. The van der Waals surface area contributed by atoms with Crippen molar-refractivity contribution in [2.24, 2.45) is 5.92 Å². The van der Waals surface area contributed by atoms with Gasteiger partial charge in [0.25, 0.3) is 0 Å². The highest BCUT2D eigenvalue weighted by molar-refractivity contribution is 5.91. The van der Waals surface area contributed by atoms with E-state index < -0.39 is 17.7 Å². The molecule has 0 radical (unpaired) electrons. The number of halogens is 3. The Hall–Kier alpha value is -2.28. The Morgan fingerprint density at radius 3 is 2.50 bits per heavy atom. The summed E-state index contributed by atoms with van der Waals surface area (Å²) in [5.74, 6) is 0.0885. The van der Waals surface area contributed by atoms with E-state index in [1.54, 1.807) is 25.1 Å². The third-order valence-electron chi connectivity index (χ3n) is 5.54. The maximum atomic E-state index is 14.0. The van der Waals surface area contributed by atoms with Crippen LogP contribution in [0.1, 0.15) is 50.7 Å². The number of esters is 1. The van der Waals surface area contributed by atoms with Gasteiger partial charge < -0.3 is 14.8 Å². The number of carbonyl (C=O) groups excluding carboxylic acids is 1. The number of alkyl halides is 3. The molecule has 0 aliphatic heterocycles. The van der Waals surface area contributed by atoms with Gasteiger partial charge in [-0.25, -0.2) is 0 Å². The van der Waals surface area contributed by atoms with Crippen LogP contribution in [0.2, 0.25) is 0 Å². The van der Waals surface area contributed by atoms with E-state index in [2.05, 4.69) is 12.2 Å². The van der Waals surface area contributed by atoms with Crippen LogP contribution in [0.4, 0.5) is 13.2 Å². The summed E-state index contributed by atoms with van der Waals surface area (Å²) in [6.45, 7) is 4.41. The summed E-state index contributed by atoms with van der Waals surface area (Å²) >= 11 is 0. The van der Waals surface area contributed by atoms with Crippen molar-refractivity contribution in [2.45, 2.75) is 58.4 Å². The Balaban J connectivity index is 1.87. The summed E-state index contributed by atoms with van der Waals surface area (Å²) < 4.78 is 52.7. The summed E-state index contributed by atoms with van der Waals surface area (Å²) in [5, 5.41) is 3.54. The molecule has 1 aliphatic carbocycles. The fourth-order valence-electron chi connectivity index (χ4n) is 3.99. The summed E-state index contributed by atoms with van der Waals surface area (Å²) in [4.78, 5) is 11.5. The van der Waals surface area contributed by atoms with Crippen LogP contribution in [0, 0.1) is 5.92 Å². The lowest BCUT2D eigenvalue weighted by atomic mass is 9.89. The Morgan fingerprint density at radius 1 is 1.10 bits per heavy atom. The maximum Gasteiger partial charge on any atom is 0.420 e. The van der Waals surface area contributed by atoms with Gasteiger partial charge in [-0.3, -0.25) is 4.79 Å². The highest BCUT2D eigenvalue weighted by Gasteiger charge is 2.37. The first kappa shape index (κ1) is 22.4. The monoisotopic (exact) mass is 423 g/mol. The minimum absolute atomic E-state index is 0.00233. The number of hydrogen-bond acceptors (Lipinski definition) is 4. The predicted octanol–water partition coefficient (Wildman–Crippen LogP) is 5.47. The molecule has 1 fully saturated rings. The van der Waals surface area contributed by atoms with Crippen molar-refractivity contribution in [3.05, 3.63) is 41.5 Å². The van der Waals surface area contributed by atoms with E-state index in [1.807, 2.05) is 0 Å². The topological polar surface area (TPSA) is 47.6 Å². The third kappa shape index (κ3) is 5.45. The molecule has 0 amide bonds. The van der Waals surface area contributed by atoms with Crippen molar-refractivity contribution in [1.82, 2.24) is 5.32 Å². The van der Waals surface area contributed by atoms with Crippen LogP contribution in [-0.2, 0) is 22.3 Å². The Bertz CT molecular complexity index is 874. The molecular formula is C23H28F3NO3. The van der Waals surface area contributed by atoms with Crippen molar-refractivity contribution in [1.29, 1.82) is 0 Å². The van der Waals surface area contributed by atoms with Gasteiger partial charge in [-0.2, -0.15) is 13.2 Å². The quantitative estimate of drug-likeness (QED) is 0.600. The molecule has 3 rings (SSSR count). The second kappa shape index (κ2) is 9.69. The van der Waals surface area contributed by atoms with Gasteiger partial charge in [-0.1, -0.05) is 31.2 Å². The summed E-state index contributed by atoms with van der Waals surface area (Å²) in [6, 6.07) is 7.93. The second-order valence-corrected chi connectivity index (χ2v) is 7.86. The van der Waals surface area contributed by atoms with E-state index >= 15 is 0 Å². The number of carbonyl (C=O) groups is 1. The van der Waals surface area contributed by atoms with Gasteiger partial charge in [0.15, 0.2) is 0 Å². The molecule has 0 saturated heterocycles. The second-order valence-electron chi connectivity index (χ2n) is 7.86. The van der Waals surface area contributed by atoms with Crippen LogP contribution in [-0.4, -0.2) is 25.2 Å². The molecule has 1 aliphatic rings. The first-order chi connectivity index (χ1) is 14.3. The van der Waals surface area contributed by atoms with E-state index in [1.165, 1.54) is 12.1 Å². The largest absolute Gasteiger partial charge is 0.490 e. The van der Waals surface area contributed by atoms with Gasteiger partial charge in [-0.15, -0.1) is 0 Å². The first-order valence-corrected chi connectivity index (χ1v) is 10.4. The van der Waals surface area contributed by atoms with Crippen LogP contribution >= 0.6 is 0 Å². The van der Waals surface area contributed by atoms with Crippen molar-refractivity contribution >= 4 is 16.7 Å². The molecule has 0 spiro atoms. The zero-order valence-corrected chi connectivity index (χ0v) is 17.3. The van der Waals surface area contributed by atoms with Crippen molar-refractivity contribution in [2.75, 3.05) is 13.2 Å². The summed E-state index contributed by atoms with van der Waals surface area (Å²) in [6.07, 6.45) is -1.24. The summed E-state index contributed by atoms with van der Waals surface area (Å²) in [5.41, 5.74) is -0.0498. The van der Waals surface area contributed by atoms with Crippen LogP contribution in [0.3, 0.4) is 0 Å². The lowest BCUT2D eigenvalue weighted by molar-refractivity contribution is -0.142. The first-order valence-electron chi connectivity index (χ1n) is 10.4. The lowest BCUT2D eigenvalue weighted by Gasteiger charge is -2.28. The zero-order chi connectivity index (χ0) is 21.7. The molecule has 0 aromatic heterocycles. The minimum Gasteiger partial charge on any atom is -0.490 e. The molecule has 2 aromatic rings. The van der Waals surface area contributed by atoms with Crippen LogP contribution in [0.25, 0.3) is 10.8 Å². The van der Waals surface area contributed by atoms with Gasteiger partial charge in [0, 0.05) is 6.54 Å².